The first kappa shape index (κ1) is 16.7. The Morgan fingerprint density at radius 3 is 2.50 bits per heavy atom. The SMILES string of the molecule is CCCNC(c1cc(Br)c(Br)s1)c1ccc(Br)cc1C. The Bertz CT molecular complexity index is 575. The molecule has 0 radical (unpaired) electrons. The minimum absolute atomic E-state index is 0.246. The summed E-state index contributed by atoms with van der Waals surface area (Å²) in [6.07, 6.45) is 1.12. The fraction of sp³-hybridized carbons (Fsp3) is 0.333. The molecule has 0 saturated carbocycles. The molecule has 1 heterocycles. The summed E-state index contributed by atoms with van der Waals surface area (Å²) in [7, 11) is 0. The van der Waals surface area contributed by atoms with Gasteiger partial charge in [0.15, 0.2) is 0 Å². The van der Waals surface area contributed by atoms with Crippen molar-refractivity contribution in [1.29, 1.82) is 0 Å². The average Bonchev–Trinajstić information content (AvgIpc) is 2.72. The zero-order valence-corrected chi connectivity index (χ0v) is 16.9. The standard InChI is InChI=1S/C15H16Br3NS/c1-3-6-19-14(13-8-12(17)15(18)20-13)11-5-4-10(16)7-9(11)2/h4-5,7-8,14,19H,3,6H2,1-2H3. The second-order valence-electron chi connectivity index (χ2n) is 4.66. The van der Waals surface area contributed by atoms with Crippen molar-refractivity contribution in [2.45, 2.75) is 26.3 Å². The molecule has 0 aliphatic heterocycles. The van der Waals surface area contributed by atoms with Crippen LogP contribution >= 0.6 is 59.1 Å². The van der Waals surface area contributed by atoms with Crippen molar-refractivity contribution < 1.29 is 0 Å². The second-order valence-corrected chi connectivity index (χ2v) is 8.83. The maximum atomic E-state index is 3.66. The van der Waals surface area contributed by atoms with E-state index < -0.39 is 0 Å². The Balaban J connectivity index is 2.41. The predicted octanol–water partition coefficient (Wildman–Crippen LogP) is 6.43. The highest BCUT2D eigenvalue weighted by molar-refractivity contribution is 9.13. The van der Waals surface area contributed by atoms with Gasteiger partial charge < -0.3 is 5.32 Å². The summed E-state index contributed by atoms with van der Waals surface area (Å²) in [5.74, 6) is 0. The van der Waals surface area contributed by atoms with Gasteiger partial charge in [-0.1, -0.05) is 28.9 Å². The van der Waals surface area contributed by atoms with Crippen LogP contribution in [0.15, 0.2) is 37.0 Å². The molecule has 1 N–H and O–H groups in total. The molecule has 0 saturated heterocycles. The molecule has 1 atom stereocenters. The molecule has 1 aromatic heterocycles. The summed E-state index contributed by atoms with van der Waals surface area (Å²) in [5.41, 5.74) is 2.64. The Morgan fingerprint density at radius 1 is 1.20 bits per heavy atom. The smallest absolute Gasteiger partial charge is 0.0843 e. The molecule has 0 bridgehead atoms. The quantitative estimate of drug-likeness (QED) is 0.518. The first-order valence-corrected chi connectivity index (χ1v) is 9.66. The first-order valence-electron chi connectivity index (χ1n) is 6.47. The number of hydrogen-bond acceptors (Lipinski definition) is 2. The summed E-state index contributed by atoms with van der Waals surface area (Å²) in [6.45, 7) is 5.37. The van der Waals surface area contributed by atoms with Gasteiger partial charge in [-0.2, -0.15) is 0 Å². The van der Waals surface area contributed by atoms with Crippen LogP contribution in [0, 0.1) is 6.92 Å². The van der Waals surface area contributed by atoms with E-state index in [9.17, 15) is 0 Å². The zero-order chi connectivity index (χ0) is 14.7. The zero-order valence-electron chi connectivity index (χ0n) is 11.3. The molecule has 0 amide bonds. The van der Waals surface area contributed by atoms with Crippen LogP contribution in [0.2, 0.25) is 0 Å². The van der Waals surface area contributed by atoms with Crippen molar-refractivity contribution in [3.8, 4) is 0 Å². The third-order valence-corrected chi connectivity index (χ3v) is 6.90. The van der Waals surface area contributed by atoms with Crippen LogP contribution in [0.5, 0.6) is 0 Å². The summed E-state index contributed by atoms with van der Waals surface area (Å²) in [5, 5.41) is 3.66. The number of hydrogen-bond donors (Lipinski definition) is 1. The van der Waals surface area contributed by atoms with E-state index in [-0.39, 0.29) is 6.04 Å². The fourth-order valence-electron chi connectivity index (χ4n) is 2.12. The molecule has 0 aliphatic carbocycles. The van der Waals surface area contributed by atoms with E-state index in [1.807, 2.05) is 0 Å². The summed E-state index contributed by atoms with van der Waals surface area (Å²) >= 11 is 12.5. The topological polar surface area (TPSA) is 12.0 Å². The predicted molar refractivity (Wildman–Crippen MR) is 98.7 cm³/mol. The van der Waals surface area contributed by atoms with Gasteiger partial charge in [-0.3, -0.25) is 0 Å². The van der Waals surface area contributed by atoms with Crippen molar-refractivity contribution in [1.82, 2.24) is 5.32 Å². The molecule has 1 aromatic carbocycles. The summed E-state index contributed by atoms with van der Waals surface area (Å²) < 4.78 is 3.39. The van der Waals surface area contributed by atoms with Crippen LogP contribution in [-0.4, -0.2) is 6.54 Å². The molecule has 1 nitrogen and oxygen atoms in total. The van der Waals surface area contributed by atoms with E-state index >= 15 is 0 Å². The monoisotopic (exact) mass is 479 g/mol. The Hall–Kier alpha value is 0.320. The minimum Gasteiger partial charge on any atom is -0.306 e. The van der Waals surface area contributed by atoms with E-state index in [2.05, 4.69) is 91.2 Å². The molecule has 5 heteroatoms. The third kappa shape index (κ3) is 3.95. The lowest BCUT2D eigenvalue weighted by atomic mass is 10.00. The van der Waals surface area contributed by atoms with Gasteiger partial charge in [0.05, 0.1) is 9.83 Å². The molecule has 0 fully saturated rings. The van der Waals surface area contributed by atoms with Gasteiger partial charge in [0.1, 0.15) is 0 Å². The van der Waals surface area contributed by atoms with Crippen molar-refractivity contribution in [3.05, 3.63) is 53.0 Å². The van der Waals surface area contributed by atoms with Gasteiger partial charge in [-0.05, 0) is 81.1 Å². The van der Waals surface area contributed by atoms with Crippen molar-refractivity contribution in [3.63, 3.8) is 0 Å². The number of benzene rings is 1. The van der Waals surface area contributed by atoms with E-state index in [1.165, 1.54) is 16.0 Å². The van der Waals surface area contributed by atoms with Gasteiger partial charge in [-0.25, -0.2) is 0 Å². The second kappa shape index (κ2) is 7.54. The minimum atomic E-state index is 0.246. The van der Waals surface area contributed by atoms with E-state index in [4.69, 9.17) is 0 Å². The number of thiophene rings is 1. The van der Waals surface area contributed by atoms with Gasteiger partial charge in [0.25, 0.3) is 0 Å². The lowest BCUT2D eigenvalue weighted by Crippen LogP contribution is -2.23. The fourth-order valence-corrected chi connectivity index (χ4v) is 4.78. The molecule has 1 unspecified atom stereocenters. The van der Waals surface area contributed by atoms with Gasteiger partial charge >= 0.3 is 0 Å². The number of aryl methyl sites for hydroxylation is 1. The number of nitrogens with one attached hydrogen (secondary N) is 1. The van der Waals surface area contributed by atoms with E-state index in [0.717, 1.165) is 25.7 Å². The highest BCUT2D eigenvalue weighted by Crippen LogP contribution is 2.38. The maximum Gasteiger partial charge on any atom is 0.0843 e. The Labute approximate surface area is 149 Å². The molecule has 20 heavy (non-hydrogen) atoms. The van der Waals surface area contributed by atoms with Crippen LogP contribution in [0.4, 0.5) is 0 Å². The normalized spacial score (nSPS) is 12.7. The molecule has 2 aromatic rings. The lowest BCUT2D eigenvalue weighted by Gasteiger charge is -2.20. The van der Waals surface area contributed by atoms with Gasteiger partial charge in [0, 0.05) is 13.8 Å². The molecular formula is C15H16Br3NS. The molecule has 108 valence electrons. The number of rotatable bonds is 5. The van der Waals surface area contributed by atoms with Gasteiger partial charge in [-0.15, -0.1) is 11.3 Å². The Morgan fingerprint density at radius 2 is 1.95 bits per heavy atom. The van der Waals surface area contributed by atoms with Crippen molar-refractivity contribution in [2.24, 2.45) is 0 Å². The molecular weight excluding hydrogens is 466 g/mol. The third-order valence-electron chi connectivity index (χ3n) is 3.09. The molecule has 2 rings (SSSR count). The van der Waals surface area contributed by atoms with Crippen LogP contribution in [0.25, 0.3) is 0 Å². The van der Waals surface area contributed by atoms with Crippen molar-refractivity contribution in [2.75, 3.05) is 6.54 Å². The van der Waals surface area contributed by atoms with Crippen LogP contribution < -0.4 is 5.32 Å². The summed E-state index contributed by atoms with van der Waals surface area (Å²) in [4.78, 5) is 1.32. The van der Waals surface area contributed by atoms with Gasteiger partial charge in [0.2, 0.25) is 0 Å². The highest BCUT2D eigenvalue weighted by atomic mass is 79.9. The Kier molecular flexibility index (Phi) is 6.29. The first-order chi connectivity index (χ1) is 9.52. The average molecular weight is 482 g/mol. The van der Waals surface area contributed by atoms with E-state index in [0.29, 0.717) is 0 Å². The van der Waals surface area contributed by atoms with Crippen LogP contribution in [0.3, 0.4) is 0 Å². The molecule has 0 spiro atoms. The molecule has 0 aliphatic rings. The van der Waals surface area contributed by atoms with Crippen molar-refractivity contribution >= 4 is 59.1 Å². The largest absolute Gasteiger partial charge is 0.306 e. The van der Waals surface area contributed by atoms with E-state index in [1.54, 1.807) is 11.3 Å². The maximum absolute atomic E-state index is 3.66. The lowest BCUT2D eigenvalue weighted by molar-refractivity contribution is 0.603. The highest BCUT2D eigenvalue weighted by Gasteiger charge is 2.19. The summed E-state index contributed by atoms with van der Waals surface area (Å²) in [6, 6.07) is 8.93. The van der Waals surface area contributed by atoms with Crippen LogP contribution in [-0.2, 0) is 0 Å². The van der Waals surface area contributed by atoms with Crippen LogP contribution in [0.1, 0.15) is 35.4 Å². The number of halogens is 3.